The highest BCUT2D eigenvalue weighted by atomic mass is 35.5. The lowest BCUT2D eigenvalue weighted by atomic mass is 10.1. The van der Waals surface area contributed by atoms with Crippen LogP contribution in [0.3, 0.4) is 0 Å². The first-order valence-electron chi connectivity index (χ1n) is 8.34. The van der Waals surface area contributed by atoms with Crippen LogP contribution < -0.4 is 15.6 Å². The summed E-state index contributed by atoms with van der Waals surface area (Å²) in [6, 6.07) is 9.85. The van der Waals surface area contributed by atoms with E-state index in [4.69, 9.17) is 27.9 Å². The molecule has 146 valence electrons. The molecule has 9 heteroatoms. The largest absolute Gasteiger partial charge is 0.437 e. The number of carbonyl (C=O) groups excluding carboxylic acids is 1. The molecule has 0 atom stereocenters. The Hall–Kier alpha value is -3.34. The highest BCUT2D eigenvalue weighted by molar-refractivity contribution is 6.35. The Labute approximate surface area is 175 Å². The first-order chi connectivity index (χ1) is 13.8. The van der Waals surface area contributed by atoms with Crippen molar-refractivity contribution in [2.45, 2.75) is 6.92 Å². The molecule has 2 heterocycles. The minimum atomic E-state index is -0.642. The predicted octanol–water partition coefficient (Wildman–Crippen LogP) is 3.76. The van der Waals surface area contributed by atoms with Gasteiger partial charge in [0.25, 0.3) is 11.5 Å². The van der Waals surface area contributed by atoms with Crippen LogP contribution in [0.15, 0.2) is 46.9 Å². The monoisotopic (exact) mass is 428 g/mol. The van der Waals surface area contributed by atoms with Crippen molar-refractivity contribution in [1.82, 2.24) is 14.7 Å². The van der Waals surface area contributed by atoms with Crippen molar-refractivity contribution in [2.75, 3.05) is 7.05 Å². The second-order valence-corrected chi connectivity index (χ2v) is 6.79. The van der Waals surface area contributed by atoms with Crippen molar-refractivity contribution < 1.29 is 9.53 Å². The average Bonchev–Trinajstić information content (AvgIpc) is 2.70. The summed E-state index contributed by atoms with van der Waals surface area (Å²) in [7, 11) is 1.38. The van der Waals surface area contributed by atoms with Gasteiger partial charge in [-0.05, 0) is 42.8 Å². The Bertz CT molecular complexity index is 1260. The summed E-state index contributed by atoms with van der Waals surface area (Å²) in [5, 5.41) is 12.3. The minimum absolute atomic E-state index is 0.0701. The number of hydrogen-bond donors (Lipinski definition) is 1. The van der Waals surface area contributed by atoms with Gasteiger partial charge in [0.05, 0.1) is 5.02 Å². The number of nitriles is 1. The van der Waals surface area contributed by atoms with Crippen LogP contribution in [0.4, 0.5) is 0 Å². The van der Waals surface area contributed by atoms with Crippen LogP contribution in [0.1, 0.15) is 11.1 Å². The molecule has 1 aromatic carbocycles. The molecule has 0 radical (unpaired) electrons. The summed E-state index contributed by atoms with van der Waals surface area (Å²) < 4.78 is 7.11. The smallest absolute Gasteiger partial charge is 0.269 e. The summed E-state index contributed by atoms with van der Waals surface area (Å²) in [4.78, 5) is 29.5. The maximum absolute atomic E-state index is 13.1. The molecule has 3 aromatic rings. The van der Waals surface area contributed by atoms with E-state index in [0.29, 0.717) is 10.7 Å². The van der Waals surface area contributed by atoms with Gasteiger partial charge in [0.2, 0.25) is 5.88 Å². The molecule has 0 aliphatic rings. The topological polar surface area (TPSA) is 96.5 Å². The maximum atomic E-state index is 13.1. The maximum Gasteiger partial charge on any atom is 0.269 e. The van der Waals surface area contributed by atoms with E-state index in [1.165, 1.54) is 23.6 Å². The normalized spacial score (nSPS) is 11.2. The summed E-state index contributed by atoms with van der Waals surface area (Å²) >= 11 is 12.1. The number of halogens is 2. The number of nitrogens with one attached hydrogen (secondary N) is 1. The number of aromatic nitrogens is 2. The number of fused-ring (bicyclic) bond motifs is 1. The van der Waals surface area contributed by atoms with Crippen LogP contribution in [0, 0.1) is 18.3 Å². The lowest BCUT2D eigenvalue weighted by molar-refractivity contribution is -0.116. The SMILES string of the molecule is CNC(=O)/C(C#N)=C/c1c(Oc2ccc(Cl)cc2Cl)nc2c(C)cccn2c1=O. The Morgan fingerprint density at radius 3 is 2.76 bits per heavy atom. The fourth-order valence-corrected chi connectivity index (χ4v) is 3.03. The molecule has 3 rings (SSSR count). The number of ether oxygens (including phenoxy) is 1. The summed E-state index contributed by atoms with van der Waals surface area (Å²) in [5.74, 6) is -0.518. The van der Waals surface area contributed by atoms with Crippen molar-refractivity contribution in [3.63, 3.8) is 0 Å². The van der Waals surface area contributed by atoms with Crippen LogP contribution in [0.5, 0.6) is 11.6 Å². The molecule has 0 fully saturated rings. The zero-order valence-electron chi connectivity index (χ0n) is 15.4. The number of amides is 1. The lowest BCUT2D eigenvalue weighted by Gasteiger charge is -2.12. The van der Waals surface area contributed by atoms with Crippen LogP contribution in [0.2, 0.25) is 10.0 Å². The van der Waals surface area contributed by atoms with Gasteiger partial charge in [-0.1, -0.05) is 29.3 Å². The van der Waals surface area contributed by atoms with Crippen LogP contribution in [0.25, 0.3) is 11.7 Å². The van der Waals surface area contributed by atoms with E-state index in [9.17, 15) is 14.9 Å². The fourth-order valence-electron chi connectivity index (χ4n) is 2.58. The molecule has 0 aliphatic heterocycles. The predicted molar refractivity (Wildman–Crippen MR) is 110 cm³/mol. The number of hydrogen-bond acceptors (Lipinski definition) is 5. The van der Waals surface area contributed by atoms with Crippen molar-refractivity contribution in [3.8, 4) is 17.7 Å². The van der Waals surface area contributed by atoms with E-state index in [0.717, 1.165) is 11.6 Å². The third kappa shape index (κ3) is 4.09. The third-order valence-corrected chi connectivity index (χ3v) is 4.56. The van der Waals surface area contributed by atoms with Gasteiger partial charge < -0.3 is 10.1 Å². The molecule has 7 nitrogen and oxygen atoms in total. The van der Waals surface area contributed by atoms with E-state index in [1.54, 1.807) is 37.4 Å². The zero-order valence-corrected chi connectivity index (χ0v) is 16.9. The molecular formula is C20H14Cl2N4O3. The Morgan fingerprint density at radius 1 is 1.34 bits per heavy atom. The third-order valence-electron chi connectivity index (χ3n) is 4.03. The molecule has 0 saturated carbocycles. The van der Waals surface area contributed by atoms with Gasteiger partial charge in [-0.2, -0.15) is 10.2 Å². The average molecular weight is 429 g/mol. The van der Waals surface area contributed by atoms with Crippen molar-refractivity contribution >= 4 is 40.8 Å². The number of carbonyl (C=O) groups is 1. The number of benzene rings is 1. The second kappa shape index (κ2) is 8.35. The van der Waals surface area contributed by atoms with Crippen LogP contribution in [-0.4, -0.2) is 22.3 Å². The van der Waals surface area contributed by atoms with Gasteiger partial charge in [-0.25, -0.2) is 0 Å². The zero-order chi connectivity index (χ0) is 21.1. The van der Waals surface area contributed by atoms with E-state index in [-0.39, 0.29) is 27.8 Å². The van der Waals surface area contributed by atoms with Gasteiger partial charge in [0.15, 0.2) is 0 Å². The molecule has 1 N–H and O–H groups in total. The number of likely N-dealkylation sites (N-methyl/N-ethyl adjacent to an activating group) is 1. The first-order valence-corrected chi connectivity index (χ1v) is 9.10. The Kier molecular flexibility index (Phi) is 5.87. The minimum Gasteiger partial charge on any atom is -0.437 e. The quantitative estimate of drug-likeness (QED) is 0.503. The van der Waals surface area contributed by atoms with Crippen molar-refractivity contribution in [1.29, 1.82) is 5.26 Å². The number of rotatable bonds is 4. The van der Waals surface area contributed by atoms with Gasteiger partial charge in [0, 0.05) is 18.3 Å². The van der Waals surface area contributed by atoms with E-state index >= 15 is 0 Å². The molecule has 0 aliphatic carbocycles. The van der Waals surface area contributed by atoms with Gasteiger partial charge in [-0.15, -0.1) is 0 Å². The summed E-state index contributed by atoms with van der Waals surface area (Å²) in [5.41, 5.74) is 0.257. The molecule has 29 heavy (non-hydrogen) atoms. The second-order valence-electron chi connectivity index (χ2n) is 5.95. The van der Waals surface area contributed by atoms with Crippen molar-refractivity contribution in [2.24, 2.45) is 0 Å². The molecule has 0 spiro atoms. The van der Waals surface area contributed by atoms with Gasteiger partial charge in [0.1, 0.15) is 28.6 Å². The Morgan fingerprint density at radius 2 is 2.10 bits per heavy atom. The fraction of sp³-hybridized carbons (Fsp3) is 0.100. The first kappa shape index (κ1) is 20.4. The molecule has 0 saturated heterocycles. The summed E-state index contributed by atoms with van der Waals surface area (Å²) in [6.45, 7) is 1.79. The number of pyridine rings is 1. The standard InChI is InChI=1S/C20H14Cl2N4O3/c1-11-4-3-7-26-17(11)25-19(29-16-6-5-13(21)9-15(16)22)14(20(26)28)8-12(10-23)18(27)24-2/h3-9H,1-2H3,(H,24,27)/b12-8+. The molecule has 2 aromatic heterocycles. The molecular weight excluding hydrogens is 415 g/mol. The number of aryl methyl sites for hydroxylation is 1. The molecule has 0 unspecified atom stereocenters. The van der Waals surface area contributed by atoms with Crippen molar-refractivity contribution in [3.05, 3.63) is 73.6 Å². The van der Waals surface area contributed by atoms with Gasteiger partial charge in [-0.3, -0.25) is 14.0 Å². The molecule has 0 bridgehead atoms. The highest BCUT2D eigenvalue weighted by Crippen LogP contribution is 2.32. The number of nitrogens with zero attached hydrogens (tertiary/aromatic N) is 3. The Balaban J connectivity index is 2.30. The highest BCUT2D eigenvalue weighted by Gasteiger charge is 2.18. The summed E-state index contributed by atoms with van der Waals surface area (Å²) in [6.07, 6.45) is 2.68. The van der Waals surface area contributed by atoms with E-state index in [1.807, 2.05) is 0 Å². The lowest BCUT2D eigenvalue weighted by Crippen LogP contribution is -2.22. The van der Waals surface area contributed by atoms with E-state index in [2.05, 4.69) is 10.3 Å². The van der Waals surface area contributed by atoms with Crippen LogP contribution >= 0.6 is 23.2 Å². The molecule has 1 amide bonds. The van der Waals surface area contributed by atoms with E-state index < -0.39 is 11.5 Å². The van der Waals surface area contributed by atoms with Crippen LogP contribution in [-0.2, 0) is 4.79 Å². The van der Waals surface area contributed by atoms with Gasteiger partial charge >= 0.3 is 0 Å².